The normalized spacial score (nSPS) is 11.8. The Morgan fingerprint density at radius 2 is 2.11 bits per heavy atom. The third-order valence-electron chi connectivity index (χ3n) is 4.99. The quantitative estimate of drug-likeness (QED) is 0.379. The molecule has 0 N–H and O–H groups in total. The van der Waals surface area contributed by atoms with Crippen LogP contribution in [0.25, 0.3) is 22.3 Å². The standard InChI is InChI=1S/C21H18N2O5/c1-3-19(25)15-8-18-20-13(9-23(18)21(26)16(15)10-28-11-24)6-12-7-14(27-2)4-5-17(12)22-20/h4-8,11H,3,9-10H2,1-2H3. The SMILES string of the molecule is CCC(=O)c1cc2n(c(=O)c1COC=O)Cc1cc3cc(OC)ccc3nc1-2. The molecule has 1 aromatic carbocycles. The number of hydrogen-bond donors (Lipinski definition) is 0. The zero-order valence-electron chi connectivity index (χ0n) is 15.5. The van der Waals surface area contributed by atoms with E-state index in [1.807, 2.05) is 24.3 Å². The molecule has 0 unspecified atom stereocenters. The number of carbonyl (C=O) groups is 2. The van der Waals surface area contributed by atoms with Crippen molar-refractivity contribution in [3.8, 4) is 17.1 Å². The topological polar surface area (TPSA) is 87.5 Å². The second-order valence-electron chi connectivity index (χ2n) is 6.55. The average molecular weight is 378 g/mol. The van der Waals surface area contributed by atoms with Crippen LogP contribution in [0.4, 0.5) is 0 Å². The lowest BCUT2D eigenvalue weighted by Crippen LogP contribution is -2.26. The summed E-state index contributed by atoms with van der Waals surface area (Å²) in [5.74, 6) is 0.551. The van der Waals surface area contributed by atoms with Gasteiger partial charge in [0.2, 0.25) is 0 Å². The number of hydrogen-bond acceptors (Lipinski definition) is 6. The molecular formula is C21H18N2O5. The first-order valence-corrected chi connectivity index (χ1v) is 8.90. The molecule has 3 heterocycles. The van der Waals surface area contributed by atoms with Crippen molar-refractivity contribution in [2.45, 2.75) is 26.5 Å². The smallest absolute Gasteiger partial charge is 0.293 e. The van der Waals surface area contributed by atoms with Gasteiger partial charge in [0.05, 0.1) is 36.1 Å². The first-order chi connectivity index (χ1) is 13.6. The van der Waals surface area contributed by atoms with Crippen molar-refractivity contribution in [1.29, 1.82) is 0 Å². The fourth-order valence-electron chi connectivity index (χ4n) is 3.58. The molecule has 3 aromatic rings. The number of nitrogens with zero attached hydrogens (tertiary/aromatic N) is 2. The maximum atomic E-state index is 13.0. The molecule has 0 amide bonds. The lowest BCUT2D eigenvalue weighted by molar-refractivity contribution is -0.129. The largest absolute Gasteiger partial charge is 0.497 e. The van der Waals surface area contributed by atoms with Gasteiger partial charge in [0.15, 0.2) is 5.78 Å². The molecule has 0 atom stereocenters. The van der Waals surface area contributed by atoms with Crippen LogP contribution in [-0.2, 0) is 22.7 Å². The van der Waals surface area contributed by atoms with Gasteiger partial charge in [0.1, 0.15) is 12.4 Å². The van der Waals surface area contributed by atoms with Crippen LogP contribution >= 0.6 is 0 Å². The van der Waals surface area contributed by atoms with Gasteiger partial charge in [-0.15, -0.1) is 0 Å². The molecule has 1 aliphatic heterocycles. The van der Waals surface area contributed by atoms with Crippen molar-refractivity contribution in [1.82, 2.24) is 9.55 Å². The molecule has 7 nitrogen and oxygen atoms in total. The van der Waals surface area contributed by atoms with Gasteiger partial charge < -0.3 is 14.0 Å². The van der Waals surface area contributed by atoms with E-state index in [0.29, 0.717) is 17.9 Å². The van der Waals surface area contributed by atoms with Crippen LogP contribution in [0.15, 0.2) is 35.1 Å². The predicted octanol–water partition coefficient (Wildman–Crippen LogP) is 2.70. The number of ketones is 1. The van der Waals surface area contributed by atoms with Crippen LogP contribution in [0.1, 0.15) is 34.8 Å². The summed E-state index contributed by atoms with van der Waals surface area (Å²) in [6.45, 7) is 2.11. The van der Waals surface area contributed by atoms with E-state index >= 15 is 0 Å². The van der Waals surface area contributed by atoms with Gasteiger partial charge in [0.25, 0.3) is 12.0 Å². The summed E-state index contributed by atoms with van der Waals surface area (Å²) in [6, 6.07) is 9.25. The van der Waals surface area contributed by atoms with E-state index in [1.165, 1.54) is 0 Å². The van der Waals surface area contributed by atoms with E-state index in [2.05, 4.69) is 0 Å². The maximum absolute atomic E-state index is 13.0. The molecule has 2 aromatic heterocycles. The summed E-state index contributed by atoms with van der Waals surface area (Å²) in [4.78, 5) is 40.8. The second kappa shape index (κ2) is 6.92. The van der Waals surface area contributed by atoms with E-state index in [4.69, 9.17) is 14.5 Å². The predicted molar refractivity (Wildman–Crippen MR) is 103 cm³/mol. The molecule has 7 heteroatoms. The Bertz CT molecular complexity index is 1180. The van der Waals surface area contributed by atoms with Crippen LogP contribution in [0.3, 0.4) is 0 Å². The van der Waals surface area contributed by atoms with Crippen LogP contribution in [0.5, 0.6) is 5.75 Å². The summed E-state index contributed by atoms with van der Waals surface area (Å²) in [5.41, 5.74) is 3.09. The third-order valence-corrected chi connectivity index (χ3v) is 4.99. The number of aromatic nitrogens is 2. The molecule has 4 rings (SSSR count). The molecule has 0 saturated heterocycles. The zero-order chi connectivity index (χ0) is 19.8. The highest BCUT2D eigenvalue weighted by molar-refractivity contribution is 5.98. The zero-order valence-corrected chi connectivity index (χ0v) is 15.5. The van der Waals surface area contributed by atoms with Crippen LogP contribution in [-0.4, -0.2) is 28.9 Å². The van der Waals surface area contributed by atoms with Crippen molar-refractivity contribution in [2.75, 3.05) is 7.11 Å². The van der Waals surface area contributed by atoms with E-state index in [9.17, 15) is 14.4 Å². The molecule has 0 radical (unpaired) electrons. The lowest BCUT2D eigenvalue weighted by atomic mass is 10.0. The Hall–Kier alpha value is -3.48. The van der Waals surface area contributed by atoms with Gasteiger partial charge in [-0.3, -0.25) is 14.4 Å². The van der Waals surface area contributed by atoms with Crippen LogP contribution in [0.2, 0.25) is 0 Å². The fraction of sp³-hybridized carbons (Fsp3) is 0.238. The number of Topliss-reactive ketones (excluding diaryl/α,β-unsaturated/α-hetero) is 1. The van der Waals surface area contributed by atoms with Crippen molar-refractivity contribution in [3.05, 3.63) is 57.4 Å². The Labute approximate surface area is 160 Å². The third kappa shape index (κ3) is 2.76. The highest BCUT2D eigenvalue weighted by atomic mass is 16.5. The summed E-state index contributed by atoms with van der Waals surface area (Å²) in [7, 11) is 1.60. The molecule has 0 saturated carbocycles. The van der Waals surface area contributed by atoms with E-state index in [-0.39, 0.29) is 42.0 Å². The molecule has 0 aliphatic carbocycles. The lowest BCUT2D eigenvalue weighted by Gasteiger charge is -2.11. The average Bonchev–Trinajstić information content (AvgIpc) is 3.08. The summed E-state index contributed by atoms with van der Waals surface area (Å²) in [6.07, 6.45) is 0.245. The van der Waals surface area contributed by atoms with Crippen LogP contribution < -0.4 is 10.3 Å². The number of fused-ring (bicyclic) bond motifs is 4. The number of carbonyl (C=O) groups excluding carboxylic acids is 2. The first kappa shape index (κ1) is 17.9. The Morgan fingerprint density at radius 1 is 1.29 bits per heavy atom. The van der Waals surface area contributed by atoms with Gasteiger partial charge in [-0.2, -0.15) is 0 Å². The molecule has 0 bridgehead atoms. The minimum atomic E-state index is -0.337. The van der Waals surface area contributed by atoms with Crippen molar-refractivity contribution in [3.63, 3.8) is 0 Å². The summed E-state index contributed by atoms with van der Waals surface area (Å²) >= 11 is 0. The van der Waals surface area contributed by atoms with Crippen LogP contribution in [0, 0.1) is 0 Å². The van der Waals surface area contributed by atoms with E-state index in [1.54, 1.807) is 24.7 Å². The number of ether oxygens (including phenoxy) is 2. The van der Waals surface area contributed by atoms with E-state index < -0.39 is 0 Å². The minimum Gasteiger partial charge on any atom is -0.497 e. The molecule has 0 fully saturated rings. The molecule has 28 heavy (non-hydrogen) atoms. The Morgan fingerprint density at radius 3 is 2.82 bits per heavy atom. The fourth-order valence-corrected chi connectivity index (χ4v) is 3.58. The van der Waals surface area contributed by atoms with Crippen molar-refractivity contribution >= 4 is 23.2 Å². The molecular weight excluding hydrogens is 360 g/mol. The highest BCUT2D eigenvalue weighted by Crippen LogP contribution is 2.33. The number of benzene rings is 1. The second-order valence-corrected chi connectivity index (χ2v) is 6.55. The van der Waals surface area contributed by atoms with Gasteiger partial charge in [-0.05, 0) is 30.3 Å². The van der Waals surface area contributed by atoms with Gasteiger partial charge in [0, 0.05) is 22.9 Å². The van der Waals surface area contributed by atoms with Gasteiger partial charge in [-0.25, -0.2) is 4.98 Å². The first-order valence-electron chi connectivity index (χ1n) is 8.90. The van der Waals surface area contributed by atoms with Crippen molar-refractivity contribution < 1.29 is 19.1 Å². The molecule has 142 valence electrons. The summed E-state index contributed by atoms with van der Waals surface area (Å²) in [5, 5.41) is 0.910. The number of pyridine rings is 2. The number of rotatable bonds is 6. The molecule has 1 aliphatic rings. The monoisotopic (exact) mass is 378 g/mol. The van der Waals surface area contributed by atoms with Gasteiger partial charge >= 0.3 is 0 Å². The summed E-state index contributed by atoms with van der Waals surface area (Å²) < 4.78 is 11.6. The minimum absolute atomic E-state index is 0.177. The van der Waals surface area contributed by atoms with E-state index in [0.717, 1.165) is 22.2 Å². The van der Waals surface area contributed by atoms with Gasteiger partial charge in [-0.1, -0.05) is 6.92 Å². The maximum Gasteiger partial charge on any atom is 0.293 e. The molecule has 0 spiro atoms. The Kier molecular flexibility index (Phi) is 4.43. The van der Waals surface area contributed by atoms with Crippen molar-refractivity contribution in [2.24, 2.45) is 0 Å². The number of methoxy groups -OCH3 is 1. The highest BCUT2D eigenvalue weighted by Gasteiger charge is 2.27. The Balaban J connectivity index is 1.93.